The third-order valence-corrected chi connectivity index (χ3v) is 5.92. The van der Waals surface area contributed by atoms with Crippen LogP contribution in [0.3, 0.4) is 0 Å². The molecule has 1 unspecified atom stereocenters. The molecule has 2 aliphatic rings. The topological polar surface area (TPSA) is 81.9 Å². The van der Waals surface area contributed by atoms with Crippen molar-refractivity contribution < 1.29 is 19.1 Å². The number of ether oxygens (including phenoxy) is 2. The minimum Gasteiger partial charge on any atom is -0.425 e. The van der Waals surface area contributed by atoms with E-state index in [1.165, 1.54) is 30.4 Å². The van der Waals surface area contributed by atoms with Gasteiger partial charge in [-0.3, -0.25) is 14.5 Å². The molecule has 2 N–H and O–H groups in total. The van der Waals surface area contributed by atoms with Gasteiger partial charge in [0.15, 0.2) is 11.5 Å². The number of carbonyl (C=O) groups is 2. The van der Waals surface area contributed by atoms with Gasteiger partial charge in [-0.05, 0) is 61.2 Å². The summed E-state index contributed by atoms with van der Waals surface area (Å²) < 4.78 is 10.7. The lowest BCUT2D eigenvalue weighted by molar-refractivity contribution is -0.134. The van der Waals surface area contributed by atoms with Crippen molar-refractivity contribution in [1.82, 2.24) is 4.90 Å². The number of nitrogens with zero attached hydrogens (tertiary/aromatic N) is 1. The summed E-state index contributed by atoms with van der Waals surface area (Å²) in [5.41, 5.74) is 10.8. The molecule has 1 aliphatic heterocycles. The fraction of sp³-hybridized carbons (Fsp3) is 0.462. The van der Waals surface area contributed by atoms with Crippen LogP contribution < -0.4 is 15.2 Å². The summed E-state index contributed by atoms with van der Waals surface area (Å²) in [6.07, 6.45) is 5.95. The van der Waals surface area contributed by atoms with Crippen LogP contribution >= 0.6 is 11.6 Å². The van der Waals surface area contributed by atoms with Crippen LogP contribution in [0.5, 0.6) is 11.5 Å². The highest BCUT2D eigenvalue weighted by Gasteiger charge is 2.35. The van der Waals surface area contributed by atoms with Gasteiger partial charge in [0, 0.05) is 31.0 Å². The highest BCUT2D eigenvalue weighted by molar-refractivity contribution is 6.15. The maximum Gasteiger partial charge on any atom is 0.311 e. The van der Waals surface area contributed by atoms with Gasteiger partial charge >= 0.3 is 5.97 Å². The number of fused-ring (bicyclic) bond motifs is 2. The van der Waals surface area contributed by atoms with Crippen molar-refractivity contribution in [2.24, 2.45) is 5.73 Å². The zero-order chi connectivity index (χ0) is 24.4. The first-order chi connectivity index (χ1) is 16.0. The SMILES string of the molecule is CCC(=O)Oc1c(OC=O)ccc2c1-c1cccc3c1C(C2)N(C)CC3.CCCCN.CCl. The molecule has 0 radical (unpaired) electrons. The lowest BCUT2D eigenvalue weighted by Gasteiger charge is -2.40. The molecule has 180 valence electrons. The number of rotatable bonds is 6. The van der Waals surface area contributed by atoms with Crippen LogP contribution in [0.15, 0.2) is 30.3 Å². The molecule has 0 spiro atoms. The molecule has 4 rings (SSSR count). The molecule has 0 saturated heterocycles. The molecule has 0 fully saturated rings. The molecule has 0 bridgehead atoms. The second kappa shape index (κ2) is 13.3. The molecule has 1 atom stereocenters. The van der Waals surface area contributed by atoms with Crippen LogP contribution in [-0.2, 0) is 22.4 Å². The molecule has 1 heterocycles. The van der Waals surface area contributed by atoms with E-state index < -0.39 is 0 Å². The minimum atomic E-state index is -0.349. The first-order valence-electron chi connectivity index (χ1n) is 11.4. The average Bonchev–Trinajstić information content (AvgIpc) is 2.84. The molecule has 33 heavy (non-hydrogen) atoms. The largest absolute Gasteiger partial charge is 0.425 e. The zero-order valence-electron chi connectivity index (χ0n) is 20.0. The molecule has 6 nitrogen and oxygen atoms in total. The molecular formula is C26H35ClN2O4. The summed E-state index contributed by atoms with van der Waals surface area (Å²) in [5, 5.41) is 0. The van der Waals surface area contributed by atoms with Gasteiger partial charge < -0.3 is 15.2 Å². The number of nitrogens with two attached hydrogens (primary N) is 1. The Labute approximate surface area is 202 Å². The second-order valence-corrected chi connectivity index (χ2v) is 7.94. The molecule has 2 aromatic rings. The van der Waals surface area contributed by atoms with Crippen molar-refractivity contribution in [3.63, 3.8) is 0 Å². The van der Waals surface area contributed by atoms with Crippen molar-refractivity contribution in [3.8, 4) is 22.6 Å². The molecule has 0 saturated carbocycles. The van der Waals surface area contributed by atoms with Gasteiger partial charge in [0.2, 0.25) is 0 Å². The Morgan fingerprint density at radius 2 is 1.97 bits per heavy atom. The van der Waals surface area contributed by atoms with Crippen molar-refractivity contribution in [1.29, 1.82) is 0 Å². The van der Waals surface area contributed by atoms with Crippen molar-refractivity contribution in [3.05, 3.63) is 47.0 Å². The number of hydrogen-bond acceptors (Lipinski definition) is 6. The van der Waals surface area contributed by atoms with Gasteiger partial charge in [0.1, 0.15) is 0 Å². The monoisotopic (exact) mass is 474 g/mol. The van der Waals surface area contributed by atoms with Crippen LogP contribution in [0.25, 0.3) is 11.1 Å². The molecular weight excluding hydrogens is 440 g/mol. The van der Waals surface area contributed by atoms with E-state index in [1.807, 2.05) is 12.1 Å². The Hall–Kier alpha value is -2.41. The first-order valence-corrected chi connectivity index (χ1v) is 12.2. The standard InChI is InChI=1S/C21H21NO4.C4H11N.CH3Cl/c1-3-18(24)26-21-17(25-12-23)8-7-14-11-16-19-13(9-10-22(16)2)5-4-6-15(19)20(14)21;1-2-3-4-5;1-2/h4-8,12,16H,3,9-11H2,1-2H3;2-5H2,1H3;1H3. The van der Waals surface area contributed by atoms with E-state index in [1.54, 1.807) is 13.0 Å². The predicted molar refractivity (Wildman–Crippen MR) is 133 cm³/mol. The Bertz CT molecular complexity index is 946. The van der Waals surface area contributed by atoms with Crippen LogP contribution in [-0.4, -0.2) is 43.9 Å². The third-order valence-electron chi connectivity index (χ3n) is 5.92. The van der Waals surface area contributed by atoms with Crippen LogP contribution in [0.4, 0.5) is 0 Å². The molecule has 0 amide bonds. The van der Waals surface area contributed by atoms with Gasteiger partial charge in [0.25, 0.3) is 6.47 Å². The first kappa shape index (κ1) is 26.8. The summed E-state index contributed by atoms with van der Waals surface area (Å²) in [6.45, 7) is 6.11. The van der Waals surface area contributed by atoms with Gasteiger partial charge in [-0.2, -0.15) is 0 Å². The van der Waals surface area contributed by atoms with Gasteiger partial charge in [-0.1, -0.05) is 44.5 Å². The summed E-state index contributed by atoms with van der Waals surface area (Å²) in [7, 11) is 2.15. The lowest BCUT2D eigenvalue weighted by Crippen LogP contribution is -2.35. The van der Waals surface area contributed by atoms with E-state index in [4.69, 9.17) is 15.2 Å². The van der Waals surface area contributed by atoms with E-state index >= 15 is 0 Å². The smallest absolute Gasteiger partial charge is 0.311 e. The van der Waals surface area contributed by atoms with E-state index in [9.17, 15) is 9.59 Å². The quantitative estimate of drug-likeness (QED) is 0.278. The van der Waals surface area contributed by atoms with Gasteiger partial charge in [-0.15, -0.1) is 11.6 Å². The maximum atomic E-state index is 12.0. The van der Waals surface area contributed by atoms with Crippen molar-refractivity contribution in [2.45, 2.75) is 52.0 Å². The predicted octanol–water partition coefficient (Wildman–Crippen LogP) is 4.89. The summed E-state index contributed by atoms with van der Waals surface area (Å²) >= 11 is 4.64. The Balaban J connectivity index is 0.000000489. The normalized spacial score (nSPS) is 15.5. The molecule has 2 aromatic carbocycles. The number of likely N-dealkylation sites (N-methyl/N-ethyl adjacent to an activating group) is 1. The number of alkyl halides is 1. The molecule has 7 heteroatoms. The van der Waals surface area contributed by atoms with Gasteiger partial charge in [-0.25, -0.2) is 0 Å². The minimum absolute atomic E-state index is 0.252. The Morgan fingerprint density at radius 1 is 1.21 bits per heavy atom. The fourth-order valence-corrected chi connectivity index (χ4v) is 4.29. The van der Waals surface area contributed by atoms with E-state index in [0.717, 1.165) is 42.6 Å². The summed E-state index contributed by atoms with van der Waals surface area (Å²) in [6, 6.07) is 10.3. The van der Waals surface area contributed by atoms with Crippen LogP contribution in [0.2, 0.25) is 0 Å². The number of esters is 1. The third kappa shape index (κ3) is 6.14. The second-order valence-electron chi connectivity index (χ2n) is 7.94. The van der Waals surface area contributed by atoms with E-state index in [0.29, 0.717) is 18.3 Å². The highest BCUT2D eigenvalue weighted by Crippen LogP contribution is 2.50. The highest BCUT2D eigenvalue weighted by atomic mass is 35.5. The number of benzene rings is 2. The number of carbonyl (C=O) groups excluding carboxylic acids is 2. The Morgan fingerprint density at radius 3 is 2.58 bits per heavy atom. The Kier molecular flexibility index (Phi) is 10.8. The van der Waals surface area contributed by atoms with Crippen molar-refractivity contribution in [2.75, 3.05) is 26.5 Å². The zero-order valence-corrected chi connectivity index (χ0v) is 20.8. The lowest BCUT2D eigenvalue weighted by atomic mass is 9.77. The number of halogens is 1. The maximum absolute atomic E-state index is 12.0. The fourth-order valence-electron chi connectivity index (χ4n) is 4.29. The molecule has 1 aliphatic carbocycles. The summed E-state index contributed by atoms with van der Waals surface area (Å²) in [4.78, 5) is 25.3. The van der Waals surface area contributed by atoms with Crippen LogP contribution in [0, 0.1) is 0 Å². The van der Waals surface area contributed by atoms with Crippen LogP contribution in [0.1, 0.15) is 55.8 Å². The van der Waals surface area contributed by atoms with Crippen molar-refractivity contribution >= 4 is 24.0 Å². The number of unbranched alkanes of at least 4 members (excludes halogenated alkanes) is 1. The van der Waals surface area contributed by atoms with E-state index in [2.05, 4.69) is 42.6 Å². The average molecular weight is 475 g/mol. The van der Waals surface area contributed by atoms with Gasteiger partial charge in [0.05, 0.1) is 0 Å². The van der Waals surface area contributed by atoms with E-state index in [-0.39, 0.29) is 18.1 Å². The number of hydrogen-bond donors (Lipinski definition) is 1. The molecule has 0 aromatic heterocycles. The summed E-state index contributed by atoms with van der Waals surface area (Å²) in [5.74, 6) is 0.278.